The van der Waals surface area contributed by atoms with Gasteiger partial charge in [-0.3, -0.25) is 9.13 Å². The Labute approximate surface area is 115 Å². The van der Waals surface area contributed by atoms with Crippen LogP contribution in [0.3, 0.4) is 0 Å². The van der Waals surface area contributed by atoms with Gasteiger partial charge in [-0.15, -0.1) is 0 Å². The van der Waals surface area contributed by atoms with Gasteiger partial charge in [0, 0.05) is 36.6 Å². The van der Waals surface area contributed by atoms with Crippen LogP contribution in [0.5, 0.6) is 0 Å². The molecule has 0 fully saturated rings. The van der Waals surface area contributed by atoms with Crippen LogP contribution in [0.4, 0.5) is 8.78 Å². The highest BCUT2D eigenvalue weighted by molar-refractivity contribution is 5.21. The molecule has 2 N–H and O–H groups in total. The molecule has 0 aliphatic rings. The molecule has 1 unspecified atom stereocenters. The van der Waals surface area contributed by atoms with Crippen molar-refractivity contribution in [1.82, 2.24) is 9.13 Å². The second-order valence-corrected chi connectivity index (χ2v) is 5.01. The maximum Gasteiger partial charge on any atom is 0.328 e. The summed E-state index contributed by atoms with van der Waals surface area (Å²) in [6.07, 6.45) is 3.28. The second kappa shape index (κ2) is 5.58. The maximum absolute atomic E-state index is 13.6. The molecule has 2 rings (SSSR count). The molecule has 1 heterocycles. The van der Waals surface area contributed by atoms with E-state index in [9.17, 15) is 13.6 Å². The summed E-state index contributed by atoms with van der Waals surface area (Å²) in [4.78, 5) is 12.0. The standard InChI is InChI=1S/C14H17F2N3O/c1-9(2)19-6-5-18(14(19)20)8-13(17)11-4-3-10(15)7-12(11)16/h3-7,9,13H,8,17H2,1-2H3. The fourth-order valence-corrected chi connectivity index (χ4v) is 2.07. The number of nitrogens with zero attached hydrogens (tertiary/aromatic N) is 2. The summed E-state index contributed by atoms with van der Waals surface area (Å²) in [6.45, 7) is 3.93. The minimum absolute atomic E-state index is 0.0440. The van der Waals surface area contributed by atoms with E-state index < -0.39 is 17.7 Å². The number of imidazole rings is 1. The molecule has 20 heavy (non-hydrogen) atoms. The molecule has 0 bridgehead atoms. The predicted octanol–water partition coefficient (Wildman–Crippen LogP) is 2.21. The van der Waals surface area contributed by atoms with E-state index >= 15 is 0 Å². The maximum atomic E-state index is 13.6. The van der Waals surface area contributed by atoms with E-state index in [-0.39, 0.29) is 23.8 Å². The summed E-state index contributed by atoms with van der Waals surface area (Å²) in [5, 5.41) is 0. The van der Waals surface area contributed by atoms with Crippen LogP contribution in [0.25, 0.3) is 0 Å². The molecule has 6 heteroatoms. The van der Waals surface area contributed by atoms with E-state index in [2.05, 4.69) is 0 Å². The van der Waals surface area contributed by atoms with Gasteiger partial charge in [0.25, 0.3) is 0 Å². The van der Waals surface area contributed by atoms with Gasteiger partial charge in [-0.05, 0) is 19.9 Å². The first kappa shape index (κ1) is 14.5. The predicted molar refractivity (Wildman–Crippen MR) is 72.4 cm³/mol. The smallest absolute Gasteiger partial charge is 0.322 e. The third kappa shape index (κ3) is 2.80. The zero-order valence-electron chi connectivity index (χ0n) is 11.4. The van der Waals surface area contributed by atoms with Crippen molar-refractivity contribution in [3.05, 3.63) is 58.3 Å². The van der Waals surface area contributed by atoms with Crippen molar-refractivity contribution in [2.75, 3.05) is 0 Å². The third-order valence-electron chi connectivity index (χ3n) is 3.19. The molecule has 108 valence electrons. The molecule has 0 saturated carbocycles. The molecule has 0 aliphatic carbocycles. The van der Waals surface area contributed by atoms with Crippen molar-refractivity contribution in [2.24, 2.45) is 5.73 Å². The highest BCUT2D eigenvalue weighted by atomic mass is 19.1. The molecular weight excluding hydrogens is 264 g/mol. The fraction of sp³-hybridized carbons (Fsp3) is 0.357. The molecule has 0 spiro atoms. The number of rotatable bonds is 4. The van der Waals surface area contributed by atoms with Gasteiger partial charge in [0.2, 0.25) is 0 Å². The van der Waals surface area contributed by atoms with Gasteiger partial charge >= 0.3 is 5.69 Å². The van der Waals surface area contributed by atoms with E-state index in [1.807, 2.05) is 13.8 Å². The first-order valence-corrected chi connectivity index (χ1v) is 6.38. The van der Waals surface area contributed by atoms with Crippen LogP contribution in [-0.4, -0.2) is 9.13 Å². The molecule has 0 radical (unpaired) electrons. The number of aromatic nitrogens is 2. The number of hydrogen-bond donors (Lipinski definition) is 1. The van der Waals surface area contributed by atoms with E-state index in [1.165, 1.54) is 10.6 Å². The minimum atomic E-state index is -0.712. The highest BCUT2D eigenvalue weighted by Gasteiger charge is 2.15. The summed E-state index contributed by atoms with van der Waals surface area (Å²) < 4.78 is 29.5. The Kier molecular flexibility index (Phi) is 4.04. The van der Waals surface area contributed by atoms with Crippen LogP contribution in [0.2, 0.25) is 0 Å². The Bertz CT molecular complexity index is 661. The lowest BCUT2D eigenvalue weighted by Gasteiger charge is -2.13. The number of halogens is 2. The van der Waals surface area contributed by atoms with E-state index in [4.69, 9.17) is 5.73 Å². The lowest BCUT2D eigenvalue weighted by Crippen LogP contribution is -2.29. The molecule has 0 saturated heterocycles. The first-order valence-electron chi connectivity index (χ1n) is 6.38. The normalized spacial score (nSPS) is 12.9. The summed E-state index contributed by atoms with van der Waals surface area (Å²) in [5.41, 5.74) is 5.89. The fourth-order valence-electron chi connectivity index (χ4n) is 2.07. The average molecular weight is 281 g/mol. The second-order valence-electron chi connectivity index (χ2n) is 5.01. The van der Waals surface area contributed by atoms with Crippen LogP contribution in [0, 0.1) is 11.6 Å². The van der Waals surface area contributed by atoms with Crippen molar-refractivity contribution in [1.29, 1.82) is 0 Å². The van der Waals surface area contributed by atoms with Crippen LogP contribution in [0.1, 0.15) is 31.5 Å². The Morgan fingerprint density at radius 1 is 1.25 bits per heavy atom. The Morgan fingerprint density at radius 3 is 2.50 bits per heavy atom. The summed E-state index contributed by atoms with van der Waals surface area (Å²) >= 11 is 0. The van der Waals surface area contributed by atoms with Crippen LogP contribution in [-0.2, 0) is 6.54 Å². The molecule has 1 atom stereocenters. The van der Waals surface area contributed by atoms with Crippen LogP contribution >= 0.6 is 0 Å². The van der Waals surface area contributed by atoms with Crippen molar-refractivity contribution in [2.45, 2.75) is 32.5 Å². The Morgan fingerprint density at radius 2 is 1.95 bits per heavy atom. The van der Waals surface area contributed by atoms with Crippen molar-refractivity contribution in [3.8, 4) is 0 Å². The van der Waals surface area contributed by atoms with Gasteiger partial charge in [-0.25, -0.2) is 13.6 Å². The van der Waals surface area contributed by atoms with Crippen LogP contribution < -0.4 is 11.4 Å². The summed E-state index contributed by atoms with van der Waals surface area (Å²) in [7, 11) is 0. The Balaban J connectivity index is 2.24. The van der Waals surface area contributed by atoms with Crippen LogP contribution in [0.15, 0.2) is 35.4 Å². The zero-order valence-corrected chi connectivity index (χ0v) is 11.4. The lowest BCUT2D eigenvalue weighted by atomic mass is 10.1. The van der Waals surface area contributed by atoms with Gasteiger partial charge in [-0.2, -0.15) is 0 Å². The quantitative estimate of drug-likeness (QED) is 0.934. The molecular formula is C14H17F2N3O. The largest absolute Gasteiger partial charge is 0.328 e. The molecule has 0 amide bonds. The van der Waals surface area contributed by atoms with Crippen molar-refractivity contribution < 1.29 is 8.78 Å². The van der Waals surface area contributed by atoms with Gasteiger partial charge < -0.3 is 5.73 Å². The number of benzene rings is 1. The molecule has 2 aromatic rings. The SMILES string of the molecule is CC(C)n1ccn(CC(N)c2ccc(F)cc2F)c1=O. The third-order valence-corrected chi connectivity index (χ3v) is 3.19. The summed E-state index contributed by atoms with van der Waals surface area (Å²) in [5.74, 6) is -1.35. The van der Waals surface area contributed by atoms with Crippen molar-refractivity contribution >= 4 is 0 Å². The Hall–Kier alpha value is -1.95. The average Bonchev–Trinajstić information content (AvgIpc) is 2.70. The topological polar surface area (TPSA) is 52.9 Å². The highest BCUT2D eigenvalue weighted by Crippen LogP contribution is 2.17. The van der Waals surface area contributed by atoms with Gasteiger partial charge in [0.1, 0.15) is 11.6 Å². The van der Waals surface area contributed by atoms with Gasteiger partial charge in [0.15, 0.2) is 0 Å². The molecule has 1 aromatic heterocycles. The zero-order chi connectivity index (χ0) is 14.9. The minimum Gasteiger partial charge on any atom is -0.322 e. The monoisotopic (exact) mass is 281 g/mol. The number of hydrogen-bond acceptors (Lipinski definition) is 2. The van der Waals surface area contributed by atoms with Crippen molar-refractivity contribution in [3.63, 3.8) is 0 Å². The number of nitrogens with two attached hydrogens (primary N) is 1. The molecule has 1 aromatic carbocycles. The lowest BCUT2D eigenvalue weighted by molar-refractivity contribution is 0.498. The molecule has 0 aliphatic heterocycles. The first-order chi connectivity index (χ1) is 9.40. The van der Waals surface area contributed by atoms with E-state index in [0.717, 1.165) is 12.1 Å². The van der Waals surface area contributed by atoms with Gasteiger partial charge in [0.05, 0.1) is 6.04 Å². The van der Waals surface area contributed by atoms with Gasteiger partial charge in [-0.1, -0.05) is 6.07 Å². The van der Waals surface area contributed by atoms with E-state index in [0.29, 0.717) is 0 Å². The molecule has 4 nitrogen and oxygen atoms in total. The van der Waals surface area contributed by atoms with E-state index in [1.54, 1.807) is 17.0 Å². The summed E-state index contributed by atoms with van der Waals surface area (Å²) in [6, 6.07) is 2.58.